The molecule has 0 aliphatic carbocycles. The Morgan fingerprint density at radius 3 is 2.50 bits per heavy atom. The van der Waals surface area contributed by atoms with Crippen LogP contribution in [0, 0.1) is 0 Å². The second kappa shape index (κ2) is 4.70. The first kappa shape index (κ1) is 11.2. The quantitative estimate of drug-likeness (QED) is 0.934. The van der Waals surface area contributed by atoms with Gasteiger partial charge >= 0.3 is 0 Å². The summed E-state index contributed by atoms with van der Waals surface area (Å²) in [6.07, 6.45) is 1.79. The number of aryl methyl sites for hydroxylation is 1. The van der Waals surface area contributed by atoms with Crippen LogP contribution in [-0.4, -0.2) is 9.78 Å². The molecule has 4 heteroatoms. The zero-order chi connectivity index (χ0) is 11.5. The summed E-state index contributed by atoms with van der Waals surface area (Å²) in [5.41, 5.74) is 1.25. The molecule has 84 valence electrons. The lowest BCUT2D eigenvalue weighted by atomic mass is 10.1. The van der Waals surface area contributed by atoms with Gasteiger partial charge in [0.1, 0.15) is 5.82 Å². The maximum Gasteiger partial charge on any atom is 0.124 e. The van der Waals surface area contributed by atoms with Crippen LogP contribution in [0.15, 0.2) is 41.0 Å². The summed E-state index contributed by atoms with van der Waals surface area (Å²) in [6, 6.07) is 10.6. The first-order valence-electron chi connectivity index (χ1n) is 5.17. The SMILES string of the molecule is CC(Nc1ccnn1C)c1ccc(Br)cc1. The van der Waals surface area contributed by atoms with Crippen molar-refractivity contribution >= 4 is 21.7 Å². The number of hydrogen-bond acceptors (Lipinski definition) is 2. The summed E-state index contributed by atoms with van der Waals surface area (Å²) in [6.45, 7) is 2.14. The maximum absolute atomic E-state index is 4.12. The van der Waals surface area contributed by atoms with Crippen molar-refractivity contribution in [1.82, 2.24) is 9.78 Å². The normalized spacial score (nSPS) is 12.4. The van der Waals surface area contributed by atoms with E-state index in [-0.39, 0.29) is 6.04 Å². The summed E-state index contributed by atoms with van der Waals surface area (Å²) in [7, 11) is 1.93. The fourth-order valence-corrected chi connectivity index (χ4v) is 1.84. The molecule has 2 rings (SSSR count). The molecule has 1 N–H and O–H groups in total. The van der Waals surface area contributed by atoms with Gasteiger partial charge in [-0.15, -0.1) is 0 Å². The van der Waals surface area contributed by atoms with Gasteiger partial charge in [0.25, 0.3) is 0 Å². The van der Waals surface area contributed by atoms with E-state index in [4.69, 9.17) is 0 Å². The lowest BCUT2D eigenvalue weighted by Gasteiger charge is -2.15. The first-order valence-corrected chi connectivity index (χ1v) is 5.96. The Labute approximate surface area is 104 Å². The zero-order valence-corrected chi connectivity index (χ0v) is 10.9. The van der Waals surface area contributed by atoms with Gasteiger partial charge in [0.15, 0.2) is 0 Å². The van der Waals surface area contributed by atoms with Gasteiger partial charge in [-0.25, -0.2) is 0 Å². The fourth-order valence-electron chi connectivity index (χ4n) is 1.57. The van der Waals surface area contributed by atoms with Gasteiger partial charge in [-0.05, 0) is 24.6 Å². The van der Waals surface area contributed by atoms with Crippen LogP contribution in [0.25, 0.3) is 0 Å². The van der Waals surface area contributed by atoms with E-state index >= 15 is 0 Å². The number of anilines is 1. The molecule has 0 radical (unpaired) electrons. The molecule has 0 bridgehead atoms. The fraction of sp³-hybridized carbons (Fsp3) is 0.250. The van der Waals surface area contributed by atoms with E-state index in [1.54, 1.807) is 6.20 Å². The standard InChI is InChI=1S/C12H14BrN3/c1-9(10-3-5-11(13)6-4-10)15-12-7-8-14-16(12)2/h3-9,15H,1-2H3. The largest absolute Gasteiger partial charge is 0.364 e. The molecule has 1 aromatic carbocycles. The second-order valence-corrected chi connectivity index (χ2v) is 4.67. The molecule has 0 amide bonds. The molecule has 0 spiro atoms. The average molecular weight is 280 g/mol. The number of hydrogen-bond donors (Lipinski definition) is 1. The third-order valence-corrected chi connectivity index (χ3v) is 3.08. The van der Waals surface area contributed by atoms with Crippen LogP contribution >= 0.6 is 15.9 Å². The molecule has 0 fully saturated rings. The lowest BCUT2D eigenvalue weighted by Crippen LogP contribution is -2.09. The summed E-state index contributed by atoms with van der Waals surface area (Å²) in [5, 5.41) is 7.54. The predicted molar refractivity (Wildman–Crippen MR) is 69.4 cm³/mol. The van der Waals surface area contributed by atoms with Crippen LogP contribution in [0.5, 0.6) is 0 Å². The smallest absolute Gasteiger partial charge is 0.124 e. The summed E-state index contributed by atoms with van der Waals surface area (Å²) in [4.78, 5) is 0. The number of rotatable bonds is 3. The maximum atomic E-state index is 4.12. The van der Waals surface area contributed by atoms with Crippen LogP contribution in [0.2, 0.25) is 0 Å². The number of nitrogens with one attached hydrogen (secondary N) is 1. The van der Waals surface area contributed by atoms with Crippen molar-refractivity contribution in [3.8, 4) is 0 Å². The number of aromatic nitrogens is 2. The zero-order valence-electron chi connectivity index (χ0n) is 9.31. The van der Waals surface area contributed by atoms with E-state index in [0.717, 1.165) is 10.3 Å². The predicted octanol–water partition coefficient (Wildman–Crippen LogP) is 3.36. The molecule has 0 aliphatic heterocycles. The third-order valence-electron chi connectivity index (χ3n) is 2.56. The van der Waals surface area contributed by atoms with Gasteiger partial charge in [0.2, 0.25) is 0 Å². The van der Waals surface area contributed by atoms with Crippen molar-refractivity contribution in [2.24, 2.45) is 7.05 Å². The van der Waals surface area contributed by atoms with E-state index in [1.165, 1.54) is 5.56 Å². The minimum atomic E-state index is 0.267. The van der Waals surface area contributed by atoms with Crippen LogP contribution < -0.4 is 5.32 Å². The van der Waals surface area contributed by atoms with Crippen molar-refractivity contribution in [2.45, 2.75) is 13.0 Å². The second-order valence-electron chi connectivity index (χ2n) is 3.76. The molecular formula is C12H14BrN3. The molecular weight excluding hydrogens is 266 g/mol. The van der Waals surface area contributed by atoms with Crippen LogP contribution in [-0.2, 0) is 7.05 Å². The highest BCUT2D eigenvalue weighted by molar-refractivity contribution is 9.10. The molecule has 0 aliphatic rings. The highest BCUT2D eigenvalue weighted by Gasteiger charge is 2.06. The minimum absolute atomic E-state index is 0.267. The van der Waals surface area contributed by atoms with E-state index in [2.05, 4.69) is 57.5 Å². The molecule has 2 aromatic rings. The monoisotopic (exact) mass is 279 g/mol. The summed E-state index contributed by atoms with van der Waals surface area (Å²) >= 11 is 3.43. The van der Waals surface area contributed by atoms with Gasteiger partial charge < -0.3 is 5.32 Å². The van der Waals surface area contributed by atoms with Crippen molar-refractivity contribution in [3.63, 3.8) is 0 Å². The Morgan fingerprint density at radius 1 is 1.25 bits per heavy atom. The van der Waals surface area contributed by atoms with Crippen LogP contribution in [0.1, 0.15) is 18.5 Å². The van der Waals surface area contributed by atoms with Gasteiger partial charge in [-0.1, -0.05) is 28.1 Å². The Kier molecular flexibility index (Phi) is 3.29. The molecule has 1 unspecified atom stereocenters. The van der Waals surface area contributed by atoms with E-state index in [9.17, 15) is 0 Å². The van der Waals surface area contributed by atoms with E-state index in [0.29, 0.717) is 0 Å². The number of benzene rings is 1. The topological polar surface area (TPSA) is 29.9 Å². The number of halogens is 1. The Balaban J connectivity index is 2.11. The van der Waals surface area contributed by atoms with Crippen LogP contribution in [0.3, 0.4) is 0 Å². The molecule has 16 heavy (non-hydrogen) atoms. The van der Waals surface area contributed by atoms with Crippen molar-refractivity contribution < 1.29 is 0 Å². The van der Waals surface area contributed by atoms with E-state index < -0.39 is 0 Å². The molecule has 0 saturated heterocycles. The molecule has 1 atom stereocenters. The third kappa shape index (κ3) is 2.44. The van der Waals surface area contributed by atoms with Crippen molar-refractivity contribution in [2.75, 3.05) is 5.32 Å². The minimum Gasteiger partial charge on any atom is -0.364 e. The van der Waals surface area contributed by atoms with Gasteiger partial charge in [0.05, 0.1) is 6.20 Å². The van der Waals surface area contributed by atoms with Crippen molar-refractivity contribution in [1.29, 1.82) is 0 Å². The molecule has 0 saturated carbocycles. The Bertz CT molecular complexity index is 461. The Hall–Kier alpha value is -1.29. The lowest BCUT2D eigenvalue weighted by molar-refractivity contribution is 0.750. The first-order chi connectivity index (χ1) is 7.66. The van der Waals surface area contributed by atoms with Gasteiger partial charge in [-0.3, -0.25) is 4.68 Å². The van der Waals surface area contributed by atoms with Gasteiger partial charge in [0, 0.05) is 23.6 Å². The van der Waals surface area contributed by atoms with Crippen molar-refractivity contribution in [3.05, 3.63) is 46.6 Å². The molecule has 1 aromatic heterocycles. The highest BCUT2D eigenvalue weighted by Crippen LogP contribution is 2.20. The molecule has 3 nitrogen and oxygen atoms in total. The summed E-state index contributed by atoms with van der Waals surface area (Å²) < 4.78 is 2.93. The average Bonchev–Trinajstić information content (AvgIpc) is 2.65. The molecule has 1 heterocycles. The highest BCUT2D eigenvalue weighted by atomic mass is 79.9. The van der Waals surface area contributed by atoms with Crippen LogP contribution in [0.4, 0.5) is 5.82 Å². The van der Waals surface area contributed by atoms with E-state index in [1.807, 2.05) is 17.8 Å². The Morgan fingerprint density at radius 2 is 1.94 bits per heavy atom. The summed E-state index contributed by atoms with van der Waals surface area (Å²) in [5.74, 6) is 1.02. The van der Waals surface area contributed by atoms with Gasteiger partial charge in [-0.2, -0.15) is 5.10 Å². The number of nitrogens with zero attached hydrogens (tertiary/aromatic N) is 2.